The number of nitrogens with zero attached hydrogens (tertiary/aromatic N) is 1. The molecule has 0 N–H and O–H groups in total. The summed E-state index contributed by atoms with van der Waals surface area (Å²) < 4.78 is 0. The van der Waals surface area contributed by atoms with E-state index in [1.54, 1.807) is 11.1 Å². The van der Waals surface area contributed by atoms with Crippen molar-refractivity contribution in [1.82, 2.24) is 0 Å². The first kappa shape index (κ1) is 63.4. The maximum absolute atomic E-state index is 2.75. The summed E-state index contributed by atoms with van der Waals surface area (Å²) in [5, 5.41) is 7.80. The monoisotopic (exact) mass is 1230 g/mol. The van der Waals surface area contributed by atoms with E-state index >= 15 is 0 Å². The largest absolute Gasteiger partial charge is 0.310 e. The normalized spacial score (nSPS) is 14.3. The van der Waals surface area contributed by atoms with Crippen LogP contribution >= 0.6 is 0 Å². The molecule has 0 radical (unpaired) electrons. The van der Waals surface area contributed by atoms with Crippen LogP contribution in [0, 0.1) is 13.8 Å². The van der Waals surface area contributed by atoms with Crippen molar-refractivity contribution in [2.45, 2.75) is 213 Å². The van der Waals surface area contributed by atoms with Crippen LogP contribution in [0.4, 0.5) is 17.1 Å². The molecule has 0 unspecified atom stereocenters. The van der Waals surface area contributed by atoms with Gasteiger partial charge < -0.3 is 4.90 Å². The molecule has 11 aromatic carbocycles. The Kier molecular flexibility index (Phi) is 18.2. The van der Waals surface area contributed by atoms with Crippen molar-refractivity contribution in [3.63, 3.8) is 0 Å². The van der Waals surface area contributed by atoms with Crippen molar-refractivity contribution >= 4 is 49.4 Å². The second-order valence-electron chi connectivity index (χ2n) is 29.1. The zero-order chi connectivity index (χ0) is 64.6. The van der Waals surface area contributed by atoms with Crippen LogP contribution < -0.4 is 4.90 Å². The lowest BCUT2D eigenvalue weighted by molar-refractivity contribution is 0.401. The lowest BCUT2D eigenvalue weighted by atomic mass is 9.70. The number of fused-ring (bicyclic) bond motifs is 12. The van der Waals surface area contributed by atoms with Crippen LogP contribution in [0.2, 0.25) is 0 Å². The van der Waals surface area contributed by atoms with Gasteiger partial charge in [-0.3, -0.25) is 0 Å². The first-order chi connectivity index (χ1) is 46.1. The van der Waals surface area contributed by atoms with E-state index in [4.69, 9.17) is 0 Å². The maximum atomic E-state index is 2.75. The van der Waals surface area contributed by atoms with Crippen LogP contribution in [0.15, 0.2) is 200 Å². The van der Waals surface area contributed by atoms with E-state index in [0.29, 0.717) is 0 Å². The molecule has 14 rings (SSSR count). The average molecular weight is 1230 g/mol. The molecule has 3 aliphatic rings. The number of rotatable bonds is 27. The summed E-state index contributed by atoms with van der Waals surface area (Å²) in [6, 6.07) is 80.4. The predicted molar refractivity (Wildman–Crippen MR) is 408 cm³/mol. The minimum atomic E-state index is -0.180. The molecule has 0 atom stereocenters. The quantitative estimate of drug-likeness (QED) is 0.0366. The predicted octanol–water partition coefficient (Wildman–Crippen LogP) is 28.1. The number of anilines is 3. The average Bonchev–Trinajstić information content (AvgIpc) is 1.44. The van der Waals surface area contributed by atoms with Crippen molar-refractivity contribution in [2.24, 2.45) is 0 Å². The molecule has 0 bridgehead atoms. The van der Waals surface area contributed by atoms with Crippen LogP contribution in [0.5, 0.6) is 0 Å². The van der Waals surface area contributed by atoms with Crippen molar-refractivity contribution in [3.8, 4) is 55.6 Å². The van der Waals surface area contributed by atoms with Gasteiger partial charge in [0.15, 0.2) is 0 Å². The molecule has 0 heterocycles. The highest BCUT2D eigenvalue weighted by Crippen LogP contribution is 2.61. The summed E-state index contributed by atoms with van der Waals surface area (Å²) in [6.45, 7) is 18.9. The lowest BCUT2D eigenvalue weighted by Crippen LogP contribution is -2.27. The second-order valence-corrected chi connectivity index (χ2v) is 29.1. The standard InChI is InChI=1S/C93H101N/c1-9-15-21-29-55-93(56-30-22-16-10-2)85-60-69(90-81-35-27-25-33-79(81)89(80-34-26-28-36-82(80)90)68-40-39-66-31-23-24-32-67(66)59-68)41-47-75(85)78-50-44-72(63-88(78)93)94(70-42-48-76-73-45-37-64(7)57-83(73)91(51-17-11-3,52-18-12-4)86(76)61-70)71-43-49-77-74-46-38-65(8)58-84(74)92(53-19-13-5,54-20-14-6)87(77)62-71/h23-28,31-50,57-63H,9-22,29-30,51-56H2,1-8H3. The number of unbranched alkanes of at least 4 members (excludes halogenated alkanes) is 10. The van der Waals surface area contributed by atoms with Crippen molar-refractivity contribution in [2.75, 3.05) is 4.90 Å². The molecule has 3 aliphatic carbocycles. The number of hydrogen-bond acceptors (Lipinski definition) is 1. The smallest absolute Gasteiger partial charge is 0.0465 e. The summed E-state index contributed by atoms with van der Waals surface area (Å²) in [6.07, 6.45) is 26.4. The third-order valence-corrected chi connectivity index (χ3v) is 23.1. The molecule has 0 saturated carbocycles. The van der Waals surface area contributed by atoms with E-state index in [2.05, 4.69) is 260 Å². The molecule has 478 valence electrons. The van der Waals surface area contributed by atoms with Gasteiger partial charge in [0, 0.05) is 33.3 Å². The molecule has 0 amide bonds. The topological polar surface area (TPSA) is 3.24 Å². The Hall–Kier alpha value is -8.00. The summed E-state index contributed by atoms with van der Waals surface area (Å²) in [4.78, 5) is 2.75. The van der Waals surface area contributed by atoms with Crippen LogP contribution in [0.3, 0.4) is 0 Å². The third-order valence-electron chi connectivity index (χ3n) is 23.1. The van der Waals surface area contributed by atoms with Gasteiger partial charge in [-0.2, -0.15) is 0 Å². The van der Waals surface area contributed by atoms with Crippen LogP contribution in [-0.4, -0.2) is 0 Å². The fourth-order valence-corrected chi connectivity index (χ4v) is 18.4. The molecule has 0 saturated heterocycles. The van der Waals surface area contributed by atoms with Gasteiger partial charge in [0.05, 0.1) is 0 Å². The third kappa shape index (κ3) is 10.9. The molecular formula is C93H101N. The van der Waals surface area contributed by atoms with E-state index in [-0.39, 0.29) is 16.2 Å². The highest BCUT2D eigenvalue weighted by molar-refractivity contribution is 6.22. The van der Waals surface area contributed by atoms with E-state index < -0.39 is 0 Å². The summed E-state index contributed by atoms with van der Waals surface area (Å²) in [5.41, 5.74) is 29.4. The highest BCUT2D eigenvalue weighted by Gasteiger charge is 2.47. The molecule has 1 nitrogen and oxygen atoms in total. The molecule has 0 aromatic heterocycles. The van der Waals surface area contributed by atoms with E-state index in [1.165, 1.54) is 267 Å². The summed E-state index contributed by atoms with van der Waals surface area (Å²) in [7, 11) is 0. The van der Waals surface area contributed by atoms with Crippen LogP contribution in [0.1, 0.15) is 227 Å². The van der Waals surface area contributed by atoms with Crippen molar-refractivity contribution < 1.29 is 0 Å². The summed E-state index contributed by atoms with van der Waals surface area (Å²) >= 11 is 0. The number of benzene rings is 11. The minimum Gasteiger partial charge on any atom is -0.310 e. The number of hydrogen-bond donors (Lipinski definition) is 0. The molecule has 94 heavy (non-hydrogen) atoms. The van der Waals surface area contributed by atoms with Gasteiger partial charge in [-0.1, -0.05) is 307 Å². The molecular weight excluding hydrogens is 1130 g/mol. The van der Waals surface area contributed by atoms with Gasteiger partial charge in [-0.05, 0) is 222 Å². The van der Waals surface area contributed by atoms with Gasteiger partial charge in [-0.15, -0.1) is 0 Å². The van der Waals surface area contributed by atoms with E-state index in [9.17, 15) is 0 Å². The molecule has 0 aliphatic heterocycles. The Labute approximate surface area is 564 Å². The molecule has 0 spiro atoms. The SMILES string of the molecule is CCCCCCC1(CCCCCC)c2cc(-c3c4ccccc4c(-c4ccc5ccccc5c4)c4ccccc34)ccc2-c2ccc(N(c3ccc4c(c3)C(CCCC)(CCCC)c3cc(C)ccc3-4)c3ccc4c(c3)C(CCCC)(CCCC)c3cc(C)ccc3-4)cc21. The van der Waals surface area contributed by atoms with Gasteiger partial charge in [0.2, 0.25) is 0 Å². The highest BCUT2D eigenvalue weighted by atomic mass is 15.1. The lowest BCUT2D eigenvalue weighted by Gasteiger charge is -2.36. The second kappa shape index (κ2) is 27.0. The Morgan fingerprint density at radius 1 is 0.255 bits per heavy atom. The van der Waals surface area contributed by atoms with Gasteiger partial charge in [0.1, 0.15) is 0 Å². The first-order valence-corrected chi connectivity index (χ1v) is 37.2. The van der Waals surface area contributed by atoms with E-state index in [0.717, 1.165) is 12.8 Å². The van der Waals surface area contributed by atoms with Crippen molar-refractivity contribution in [3.05, 3.63) is 245 Å². The maximum Gasteiger partial charge on any atom is 0.0465 e. The Balaban J connectivity index is 0.997. The Bertz CT molecular complexity index is 4370. The molecule has 1 heteroatoms. The Morgan fingerprint density at radius 3 is 0.957 bits per heavy atom. The minimum absolute atomic E-state index is 0.0475. The fraction of sp³-hybridized carbons (Fsp3) is 0.355. The van der Waals surface area contributed by atoms with E-state index in [1.807, 2.05) is 0 Å². The zero-order valence-electron chi connectivity index (χ0n) is 58.1. The van der Waals surface area contributed by atoms with Gasteiger partial charge in [0.25, 0.3) is 0 Å². The molecule has 0 fully saturated rings. The fourth-order valence-electron chi connectivity index (χ4n) is 18.4. The first-order valence-electron chi connectivity index (χ1n) is 37.2. The molecule has 11 aromatic rings. The zero-order valence-corrected chi connectivity index (χ0v) is 58.1. The summed E-state index contributed by atoms with van der Waals surface area (Å²) in [5.74, 6) is 0. The number of aryl methyl sites for hydroxylation is 2. The van der Waals surface area contributed by atoms with Gasteiger partial charge >= 0.3 is 0 Å². The van der Waals surface area contributed by atoms with Crippen LogP contribution in [0.25, 0.3) is 88.0 Å². The Morgan fingerprint density at radius 2 is 0.564 bits per heavy atom. The van der Waals surface area contributed by atoms with Crippen LogP contribution in [-0.2, 0) is 16.2 Å². The van der Waals surface area contributed by atoms with Gasteiger partial charge in [-0.25, -0.2) is 0 Å². The van der Waals surface area contributed by atoms with Crippen molar-refractivity contribution in [1.29, 1.82) is 0 Å².